The molecular formula is C14H22N2. The minimum absolute atomic E-state index is 0.428. The van der Waals surface area contributed by atoms with Crippen molar-refractivity contribution in [2.24, 2.45) is 5.92 Å². The van der Waals surface area contributed by atoms with E-state index in [9.17, 15) is 0 Å². The van der Waals surface area contributed by atoms with E-state index in [1.807, 2.05) is 0 Å². The van der Waals surface area contributed by atoms with E-state index in [1.54, 1.807) is 0 Å². The zero-order valence-electron chi connectivity index (χ0n) is 11.0. The highest BCUT2D eigenvalue weighted by Gasteiger charge is 2.29. The molecule has 1 unspecified atom stereocenters. The summed E-state index contributed by atoms with van der Waals surface area (Å²) in [7, 11) is 0. The van der Waals surface area contributed by atoms with E-state index in [4.69, 9.17) is 4.98 Å². The molecule has 0 N–H and O–H groups in total. The fraction of sp³-hybridized carbons (Fsp3) is 0.714. The maximum Gasteiger partial charge on any atom is 0.131 e. The number of hydrogen-bond donors (Lipinski definition) is 0. The molecule has 0 fully saturated rings. The zero-order valence-corrected chi connectivity index (χ0v) is 11.0. The van der Waals surface area contributed by atoms with E-state index < -0.39 is 0 Å². The van der Waals surface area contributed by atoms with Crippen LogP contribution in [0, 0.1) is 12.8 Å². The quantitative estimate of drug-likeness (QED) is 0.758. The van der Waals surface area contributed by atoms with Crippen LogP contribution in [-0.4, -0.2) is 9.97 Å². The predicted molar refractivity (Wildman–Crippen MR) is 66.8 cm³/mol. The van der Waals surface area contributed by atoms with Gasteiger partial charge >= 0.3 is 0 Å². The van der Waals surface area contributed by atoms with Crippen LogP contribution in [0.4, 0.5) is 0 Å². The second-order valence-electron chi connectivity index (χ2n) is 5.57. The highest BCUT2D eigenvalue weighted by molar-refractivity contribution is 5.33. The van der Waals surface area contributed by atoms with E-state index in [0.717, 1.165) is 5.82 Å². The second kappa shape index (κ2) is 4.15. The number of fused-ring (bicyclic) bond motifs is 1. The summed E-state index contributed by atoms with van der Waals surface area (Å²) >= 11 is 0. The van der Waals surface area contributed by atoms with E-state index in [-0.39, 0.29) is 0 Å². The number of nitrogens with zero attached hydrogens (tertiary/aromatic N) is 2. The van der Waals surface area contributed by atoms with Crippen LogP contribution in [-0.2, 0) is 6.42 Å². The number of aryl methyl sites for hydroxylation is 1. The minimum Gasteiger partial charge on any atom is -0.238 e. The normalized spacial score (nSPS) is 19.6. The van der Waals surface area contributed by atoms with Gasteiger partial charge in [-0.2, -0.15) is 0 Å². The van der Waals surface area contributed by atoms with Gasteiger partial charge < -0.3 is 0 Å². The van der Waals surface area contributed by atoms with Gasteiger partial charge in [-0.05, 0) is 31.2 Å². The van der Waals surface area contributed by atoms with Gasteiger partial charge in [0.15, 0.2) is 0 Å². The maximum absolute atomic E-state index is 4.81. The third kappa shape index (κ3) is 1.85. The van der Waals surface area contributed by atoms with Crippen LogP contribution in [0.5, 0.6) is 0 Å². The second-order valence-corrected chi connectivity index (χ2v) is 5.57. The highest BCUT2D eigenvalue weighted by atomic mass is 14.9. The summed E-state index contributed by atoms with van der Waals surface area (Å²) in [6.07, 6.45) is 2.42. The lowest BCUT2D eigenvalue weighted by atomic mass is 9.93. The zero-order chi connectivity index (χ0) is 11.9. The average molecular weight is 218 g/mol. The van der Waals surface area contributed by atoms with Gasteiger partial charge in [0.05, 0.1) is 5.69 Å². The molecule has 1 aliphatic rings. The van der Waals surface area contributed by atoms with Crippen molar-refractivity contribution in [2.75, 3.05) is 0 Å². The minimum atomic E-state index is 0.428. The highest BCUT2D eigenvalue weighted by Crippen LogP contribution is 2.38. The molecule has 1 aliphatic carbocycles. The molecule has 0 amide bonds. The van der Waals surface area contributed by atoms with Crippen molar-refractivity contribution >= 4 is 0 Å². The van der Waals surface area contributed by atoms with Crippen molar-refractivity contribution in [3.63, 3.8) is 0 Å². The summed E-state index contributed by atoms with van der Waals surface area (Å²) < 4.78 is 0. The molecule has 0 saturated heterocycles. The molecule has 1 aromatic rings. The van der Waals surface area contributed by atoms with Crippen LogP contribution < -0.4 is 0 Å². The van der Waals surface area contributed by atoms with Gasteiger partial charge in [0, 0.05) is 17.5 Å². The lowest BCUT2D eigenvalue weighted by Gasteiger charge is -2.16. The Bertz CT molecular complexity index is 394. The topological polar surface area (TPSA) is 25.8 Å². The van der Waals surface area contributed by atoms with Crippen molar-refractivity contribution in [1.82, 2.24) is 9.97 Å². The third-order valence-electron chi connectivity index (χ3n) is 3.64. The average Bonchev–Trinajstić information content (AvgIpc) is 2.61. The van der Waals surface area contributed by atoms with Crippen molar-refractivity contribution in [2.45, 2.75) is 59.3 Å². The fourth-order valence-electron chi connectivity index (χ4n) is 2.60. The first-order chi connectivity index (χ1) is 7.50. The molecule has 0 saturated carbocycles. The van der Waals surface area contributed by atoms with Crippen LogP contribution in [0.2, 0.25) is 0 Å². The largest absolute Gasteiger partial charge is 0.238 e. The summed E-state index contributed by atoms with van der Waals surface area (Å²) in [5, 5.41) is 0. The van der Waals surface area contributed by atoms with Crippen molar-refractivity contribution in [3.8, 4) is 0 Å². The SMILES string of the molecule is Cc1nc(C(C)C)nc2c1CCC2C(C)C. The van der Waals surface area contributed by atoms with Gasteiger partial charge in [-0.1, -0.05) is 27.7 Å². The maximum atomic E-state index is 4.81. The summed E-state index contributed by atoms with van der Waals surface area (Å²) in [4.78, 5) is 9.43. The van der Waals surface area contributed by atoms with Gasteiger partial charge in [0.2, 0.25) is 0 Å². The molecule has 2 nitrogen and oxygen atoms in total. The molecule has 0 aliphatic heterocycles. The van der Waals surface area contributed by atoms with Gasteiger partial charge in [-0.3, -0.25) is 0 Å². The molecule has 1 heterocycles. The van der Waals surface area contributed by atoms with E-state index >= 15 is 0 Å². The Balaban J connectivity index is 2.48. The monoisotopic (exact) mass is 218 g/mol. The van der Waals surface area contributed by atoms with Crippen LogP contribution in [0.25, 0.3) is 0 Å². The molecular weight excluding hydrogens is 196 g/mol. The third-order valence-corrected chi connectivity index (χ3v) is 3.64. The summed E-state index contributed by atoms with van der Waals surface area (Å²) in [6, 6.07) is 0. The van der Waals surface area contributed by atoms with Crippen molar-refractivity contribution < 1.29 is 0 Å². The van der Waals surface area contributed by atoms with Gasteiger partial charge in [-0.25, -0.2) is 9.97 Å². The Morgan fingerprint density at radius 2 is 1.81 bits per heavy atom. The molecule has 0 spiro atoms. The summed E-state index contributed by atoms with van der Waals surface area (Å²) in [5.74, 6) is 2.78. The van der Waals surface area contributed by atoms with Gasteiger partial charge in [0.1, 0.15) is 5.82 Å². The molecule has 1 aromatic heterocycles. The van der Waals surface area contributed by atoms with Crippen LogP contribution >= 0.6 is 0 Å². The first-order valence-electron chi connectivity index (χ1n) is 6.38. The van der Waals surface area contributed by atoms with Crippen molar-refractivity contribution in [3.05, 3.63) is 22.8 Å². The number of aromatic nitrogens is 2. The van der Waals surface area contributed by atoms with Gasteiger partial charge in [-0.15, -0.1) is 0 Å². The Labute approximate surface area is 98.5 Å². The Kier molecular flexibility index (Phi) is 3.00. The molecule has 1 atom stereocenters. The summed E-state index contributed by atoms with van der Waals surface area (Å²) in [5.41, 5.74) is 3.96. The van der Waals surface area contributed by atoms with E-state index in [0.29, 0.717) is 17.8 Å². The molecule has 2 heteroatoms. The van der Waals surface area contributed by atoms with Crippen LogP contribution in [0.1, 0.15) is 68.7 Å². The van der Waals surface area contributed by atoms with Crippen molar-refractivity contribution in [1.29, 1.82) is 0 Å². The molecule has 0 bridgehead atoms. The lowest BCUT2D eigenvalue weighted by Crippen LogP contribution is -2.09. The molecule has 0 aromatic carbocycles. The predicted octanol–water partition coefficient (Wildman–Crippen LogP) is 3.59. The smallest absolute Gasteiger partial charge is 0.131 e. The van der Waals surface area contributed by atoms with E-state index in [1.165, 1.54) is 29.8 Å². The summed E-state index contributed by atoms with van der Waals surface area (Å²) in [6.45, 7) is 11.1. The lowest BCUT2D eigenvalue weighted by molar-refractivity contribution is 0.485. The molecule has 88 valence electrons. The number of rotatable bonds is 2. The molecule has 2 rings (SSSR count). The first-order valence-corrected chi connectivity index (χ1v) is 6.38. The Morgan fingerprint density at radius 3 is 2.38 bits per heavy atom. The standard InChI is InChI=1S/C14H22N2/c1-8(2)11-6-7-12-10(5)15-14(9(3)4)16-13(11)12/h8-9,11H,6-7H2,1-5H3. The Morgan fingerprint density at radius 1 is 1.12 bits per heavy atom. The first kappa shape index (κ1) is 11.6. The van der Waals surface area contributed by atoms with Crippen LogP contribution in [0.3, 0.4) is 0 Å². The number of hydrogen-bond acceptors (Lipinski definition) is 2. The van der Waals surface area contributed by atoms with Gasteiger partial charge in [0.25, 0.3) is 0 Å². The Hall–Kier alpha value is -0.920. The van der Waals surface area contributed by atoms with Crippen LogP contribution in [0.15, 0.2) is 0 Å². The molecule has 16 heavy (non-hydrogen) atoms. The fourth-order valence-corrected chi connectivity index (χ4v) is 2.60. The molecule has 0 radical (unpaired) electrons. The van der Waals surface area contributed by atoms with E-state index in [2.05, 4.69) is 39.6 Å².